The zero-order valence-electron chi connectivity index (χ0n) is 62.3. The van der Waals surface area contributed by atoms with Crippen molar-refractivity contribution in [2.75, 3.05) is 39.6 Å². The summed E-state index contributed by atoms with van der Waals surface area (Å²) in [6.07, 6.45) is 50.2. The van der Waals surface area contributed by atoms with Gasteiger partial charge in [0.15, 0.2) is 12.2 Å². The molecule has 0 rings (SSSR count). The molecule has 0 aliphatic rings. The van der Waals surface area contributed by atoms with Gasteiger partial charge in [0, 0.05) is 25.7 Å². The molecule has 0 radical (unpaired) electrons. The first kappa shape index (κ1) is 93.1. The van der Waals surface area contributed by atoms with Crippen LogP contribution in [0.1, 0.15) is 383 Å². The smallest absolute Gasteiger partial charge is 0.462 e. The van der Waals surface area contributed by atoms with Crippen LogP contribution in [0, 0.1) is 23.7 Å². The van der Waals surface area contributed by atoms with Crippen LogP contribution in [0.5, 0.6) is 0 Å². The number of hydrogen-bond donors (Lipinski definition) is 3. The number of ether oxygens (including phenoxy) is 4. The summed E-state index contributed by atoms with van der Waals surface area (Å²) in [6, 6.07) is 0. The second-order valence-electron chi connectivity index (χ2n) is 29.1. The zero-order chi connectivity index (χ0) is 70.3. The molecule has 95 heavy (non-hydrogen) atoms. The number of phosphoric ester groups is 2. The van der Waals surface area contributed by atoms with E-state index in [1.165, 1.54) is 180 Å². The summed E-state index contributed by atoms with van der Waals surface area (Å²) in [5.74, 6) is 0.909. The summed E-state index contributed by atoms with van der Waals surface area (Å²) in [4.78, 5) is 72.7. The summed E-state index contributed by atoms with van der Waals surface area (Å²) < 4.78 is 68.5. The number of carbonyl (C=O) groups is 4. The van der Waals surface area contributed by atoms with Crippen LogP contribution in [-0.4, -0.2) is 96.7 Å². The Morgan fingerprint density at radius 2 is 0.505 bits per heavy atom. The molecule has 3 N–H and O–H groups in total. The minimum atomic E-state index is -4.96. The van der Waals surface area contributed by atoms with Crippen LogP contribution < -0.4 is 0 Å². The lowest BCUT2D eigenvalue weighted by Gasteiger charge is -2.21. The van der Waals surface area contributed by atoms with Crippen molar-refractivity contribution in [2.24, 2.45) is 23.7 Å². The Balaban J connectivity index is 5.18. The maximum Gasteiger partial charge on any atom is 0.472 e. The van der Waals surface area contributed by atoms with E-state index in [2.05, 4.69) is 55.4 Å². The SMILES string of the molecule is CCC(C)CCCCCCCCCCC(=O)O[C@H](COC(=O)CCCCCCCCCCCCCCCCCCCCC(C)C)COP(=O)(O)OCC(O)COP(=O)(O)OC[C@@H](COC(=O)CCCCCCCCCC(C)C)OC(=O)CCCCCCCCCCCC(C)C. The van der Waals surface area contributed by atoms with Crippen LogP contribution in [0.15, 0.2) is 0 Å². The molecule has 0 aromatic rings. The fourth-order valence-electron chi connectivity index (χ4n) is 11.5. The Morgan fingerprint density at radius 1 is 0.295 bits per heavy atom. The number of hydrogen-bond acceptors (Lipinski definition) is 15. The van der Waals surface area contributed by atoms with Gasteiger partial charge in [0.05, 0.1) is 26.4 Å². The van der Waals surface area contributed by atoms with Crippen LogP contribution in [0.4, 0.5) is 0 Å². The average Bonchev–Trinajstić information content (AvgIpc) is 1.31. The summed E-state index contributed by atoms with van der Waals surface area (Å²) >= 11 is 0. The van der Waals surface area contributed by atoms with E-state index in [4.69, 9.17) is 37.0 Å². The predicted octanol–water partition coefficient (Wildman–Crippen LogP) is 22.0. The van der Waals surface area contributed by atoms with Gasteiger partial charge in [0.1, 0.15) is 19.3 Å². The molecule has 0 aliphatic carbocycles. The van der Waals surface area contributed by atoms with Gasteiger partial charge >= 0.3 is 39.5 Å². The average molecular weight is 1400 g/mol. The van der Waals surface area contributed by atoms with Crippen LogP contribution in [0.25, 0.3) is 0 Å². The third kappa shape index (κ3) is 69.0. The fraction of sp³-hybridized carbons (Fsp3) is 0.947. The number of phosphoric acid groups is 2. The van der Waals surface area contributed by atoms with E-state index in [9.17, 15) is 43.2 Å². The Bertz CT molecular complexity index is 1870. The third-order valence-corrected chi connectivity index (χ3v) is 19.8. The van der Waals surface area contributed by atoms with E-state index in [1.54, 1.807) is 0 Å². The van der Waals surface area contributed by atoms with E-state index in [0.29, 0.717) is 31.6 Å². The molecule has 0 amide bonds. The molecule has 0 saturated carbocycles. The van der Waals surface area contributed by atoms with Crippen LogP contribution in [-0.2, 0) is 65.4 Å². The first-order valence-corrected chi connectivity index (χ1v) is 42.2. The van der Waals surface area contributed by atoms with Crippen LogP contribution in [0.2, 0.25) is 0 Å². The van der Waals surface area contributed by atoms with Crippen molar-refractivity contribution in [3.05, 3.63) is 0 Å². The standard InChI is InChI=1S/C76H148O17P2/c1-9-69(8)55-47-39-31-25-26-34-43-51-59-76(81)93-71(62-86-73(78)56-48-40-32-23-19-17-15-13-11-10-12-14-16-18-21-28-36-44-52-66(2)3)64-90-94(82,83)88-60-70(77)61-89-95(84,85)91-65-72(63-87-74(79)57-49-41-35-27-30-38-46-54-68(6)7)92-75(80)58-50-42-33-24-20-22-29-37-45-53-67(4)5/h66-72,77H,9-65H2,1-8H3,(H,82,83)(H,84,85)/t69?,70?,71-,72-/m1/s1. The summed E-state index contributed by atoms with van der Waals surface area (Å²) in [5, 5.41) is 10.6. The first-order valence-electron chi connectivity index (χ1n) is 39.2. The van der Waals surface area contributed by atoms with Gasteiger partial charge in [-0.1, -0.05) is 331 Å². The number of aliphatic hydroxyl groups excluding tert-OH is 1. The Hall–Kier alpha value is -1.94. The summed E-state index contributed by atoms with van der Waals surface area (Å²) in [7, 11) is -9.91. The molecule has 0 aliphatic heterocycles. The van der Waals surface area contributed by atoms with Gasteiger partial charge in [-0.25, -0.2) is 9.13 Å². The maximum absolute atomic E-state index is 13.1. The van der Waals surface area contributed by atoms with E-state index in [1.807, 2.05) is 0 Å². The Morgan fingerprint density at radius 3 is 0.747 bits per heavy atom. The monoisotopic (exact) mass is 1400 g/mol. The molecule has 0 bridgehead atoms. The highest BCUT2D eigenvalue weighted by Crippen LogP contribution is 2.45. The third-order valence-electron chi connectivity index (χ3n) is 17.9. The minimum absolute atomic E-state index is 0.104. The molecule has 0 saturated heterocycles. The maximum atomic E-state index is 13.1. The number of rotatable bonds is 73. The lowest BCUT2D eigenvalue weighted by Crippen LogP contribution is -2.30. The Kier molecular flexibility index (Phi) is 64.0. The number of carbonyl (C=O) groups excluding carboxylic acids is 4. The molecule has 0 fully saturated rings. The summed E-state index contributed by atoms with van der Waals surface area (Å²) in [5.41, 5.74) is 0. The van der Waals surface area contributed by atoms with Crippen molar-refractivity contribution >= 4 is 39.5 Å². The molecule has 4 unspecified atom stereocenters. The van der Waals surface area contributed by atoms with Crippen molar-refractivity contribution in [1.29, 1.82) is 0 Å². The quantitative estimate of drug-likeness (QED) is 0.0222. The highest BCUT2D eigenvalue weighted by molar-refractivity contribution is 7.47. The highest BCUT2D eigenvalue weighted by Gasteiger charge is 2.30. The van der Waals surface area contributed by atoms with Crippen LogP contribution in [0.3, 0.4) is 0 Å². The van der Waals surface area contributed by atoms with Gasteiger partial charge in [-0.2, -0.15) is 0 Å². The molecule has 0 aromatic carbocycles. The van der Waals surface area contributed by atoms with Gasteiger partial charge in [0.25, 0.3) is 0 Å². The molecule has 0 aromatic heterocycles. The molecule has 564 valence electrons. The largest absolute Gasteiger partial charge is 0.472 e. The highest BCUT2D eigenvalue weighted by atomic mass is 31.2. The predicted molar refractivity (Wildman–Crippen MR) is 386 cm³/mol. The van der Waals surface area contributed by atoms with Gasteiger partial charge in [0.2, 0.25) is 0 Å². The van der Waals surface area contributed by atoms with Crippen molar-refractivity contribution in [3.8, 4) is 0 Å². The molecule has 0 heterocycles. The van der Waals surface area contributed by atoms with E-state index in [-0.39, 0.29) is 25.7 Å². The normalized spacial score (nSPS) is 14.4. The van der Waals surface area contributed by atoms with E-state index < -0.39 is 97.5 Å². The molecular weight excluding hydrogens is 1250 g/mol. The first-order chi connectivity index (χ1) is 45.6. The summed E-state index contributed by atoms with van der Waals surface area (Å²) in [6.45, 7) is 14.1. The van der Waals surface area contributed by atoms with Crippen molar-refractivity contribution in [3.63, 3.8) is 0 Å². The molecular formula is C76H148O17P2. The van der Waals surface area contributed by atoms with Gasteiger partial charge in [-0.15, -0.1) is 0 Å². The second kappa shape index (κ2) is 65.4. The van der Waals surface area contributed by atoms with Crippen molar-refractivity contribution in [1.82, 2.24) is 0 Å². The number of aliphatic hydroxyl groups is 1. The van der Waals surface area contributed by atoms with Crippen molar-refractivity contribution < 1.29 is 80.2 Å². The topological polar surface area (TPSA) is 237 Å². The fourth-order valence-corrected chi connectivity index (χ4v) is 13.1. The zero-order valence-corrected chi connectivity index (χ0v) is 64.1. The molecule has 17 nitrogen and oxygen atoms in total. The Labute approximate surface area is 581 Å². The van der Waals surface area contributed by atoms with E-state index >= 15 is 0 Å². The number of esters is 4. The van der Waals surface area contributed by atoms with Crippen molar-refractivity contribution in [2.45, 2.75) is 401 Å². The lowest BCUT2D eigenvalue weighted by atomic mass is 9.99. The van der Waals surface area contributed by atoms with Gasteiger partial charge in [-0.05, 0) is 49.4 Å². The van der Waals surface area contributed by atoms with Gasteiger partial charge in [-0.3, -0.25) is 37.3 Å². The molecule has 19 heteroatoms. The molecule has 0 spiro atoms. The lowest BCUT2D eigenvalue weighted by molar-refractivity contribution is -0.161. The number of unbranched alkanes of at least 4 members (excludes halogenated alkanes) is 38. The minimum Gasteiger partial charge on any atom is -0.462 e. The molecule has 6 atom stereocenters. The van der Waals surface area contributed by atoms with Crippen LogP contribution >= 0.6 is 15.6 Å². The van der Waals surface area contributed by atoms with E-state index in [0.717, 1.165) is 114 Å². The van der Waals surface area contributed by atoms with Gasteiger partial charge < -0.3 is 33.8 Å². The second-order valence-corrected chi connectivity index (χ2v) is 32.0.